The summed E-state index contributed by atoms with van der Waals surface area (Å²) >= 11 is 1.80. The van der Waals surface area contributed by atoms with Crippen LogP contribution in [0.15, 0.2) is 11.6 Å². The van der Waals surface area contributed by atoms with Crippen LogP contribution in [0, 0.1) is 0 Å². The quantitative estimate of drug-likeness (QED) is 0.504. The molecule has 0 radical (unpaired) electrons. The summed E-state index contributed by atoms with van der Waals surface area (Å²) in [5, 5.41) is 12.5. The maximum Gasteiger partial charge on any atom is 0.331 e. The minimum absolute atomic E-state index is 0.481. The van der Waals surface area contributed by atoms with Gasteiger partial charge < -0.3 is 10.4 Å². The van der Waals surface area contributed by atoms with Gasteiger partial charge in [-0.2, -0.15) is 11.8 Å². The van der Waals surface area contributed by atoms with Crippen molar-refractivity contribution < 1.29 is 9.90 Å². The highest BCUT2D eigenvalue weighted by molar-refractivity contribution is 7.99. The topological polar surface area (TPSA) is 49.3 Å². The third-order valence-electron chi connectivity index (χ3n) is 1.98. The molecule has 0 aliphatic carbocycles. The number of carboxylic acid groups (broad SMARTS) is 1. The lowest BCUT2D eigenvalue weighted by Crippen LogP contribution is -2.23. The van der Waals surface area contributed by atoms with E-state index in [4.69, 9.17) is 5.11 Å². The van der Waals surface area contributed by atoms with Crippen LogP contribution in [-0.2, 0) is 4.79 Å². The maximum absolute atomic E-state index is 10.6. The lowest BCUT2D eigenvalue weighted by Gasteiger charge is -2.07. The number of hydrogen-bond acceptors (Lipinski definition) is 3. The molecule has 0 fully saturated rings. The van der Waals surface area contributed by atoms with Crippen LogP contribution >= 0.6 is 11.8 Å². The lowest BCUT2D eigenvalue weighted by molar-refractivity contribution is -0.132. The highest BCUT2D eigenvalue weighted by atomic mass is 32.2. The van der Waals surface area contributed by atoms with E-state index in [1.807, 2.05) is 6.92 Å². The van der Waals surface area contributed by atoms with Crippen molar-refractivity contribution in [2.45, 2.75) is 25.5 Å². The Hall–Kier alpha value is -0.480. The first-order valence-electron chi connectivity index (χ1n) is 4.77. The van der Waals surface area contributed by atoms with Crippen LogP contribution in [0.5, 0.6) is 0 Å². The summed E-state index contributed by atoms with van der Waals surface area (Å²) in [6, 6.07) is 0. The Bertz CT molecular complexity index is 204. The zero-order chi connectivity index (χ0) is 11.0. The SMILES string of the molecule is CCC(=CCNCC(C)SC)C(=O)O. The van der Waals surface area contributed by atoms with Crippen molar-refractivity contribution in [1.82, 2.24) is 5.32 Å². The van der Waals surface area contributed by atoms with Gasteiger partial charge in [-0.25, -0.2) is 4.79 Å². The largest absolute Gasteiger partial charge is 0.478 e. The lowest BCUT2D eigenvalue weighted by atomic mass is 10.2. The molecule has 0 heterocycles. The molecule has 0 bridgehead atoms. The molecule has 3 nitrogen and oxygen atoms in total. The molecule has 4 heteroatoms. The second kappa shape index (κ2) is 7.88. The van der Waals surface area contributed by atoms with Gasteiger partial charge in [0.15, 0.2) is 0 Å². The second-order valence-electron chi connectivity index (χ2n) is 3.09. The Balaban J connectivity index is 3.74. The molecule has 0 aromatic rings. The molecule has 0 aromatic carbocycles. The van der Waals surface area contributed by atoms with Crippen LogP contribution in [0.2, 0.25) is 0 Å². The summed E-state index contributed by atoms with van der Waals surface area (Å²) < 4.78 is 0. The van der Waals surface area contributed by atoms with Crippen LogP contribution in [0.3, 0.4) is 0 Å². The van der Waals surface area contributed by atoms with Crippen LogP contribution in [0.4, 0.5) is 0 Å². The Morgan fingerprint density at radius 3 is 2.71 bits per heavy atom. The van der Waals surface area contributed by atoms with E-state index in [0.717, 1.165) is 6.54 Å². The molecule has 0 aromatic heterocycles. The minimum atomic E-state index is -0.813. The first-order chi connectivity index (χ1) is 6.61. The fraction of sp³-hybridized carbons (Fsp3) is 0.700. The third-order valence-corrected chi connectivity index (χ3v) is 2.95. The number of thioether (sulfide) groups is 1. The fourth-order valence-electron chi connectivity index (χ4n) is 0.948. The van der Waals surface area contributed by atoms with Gasteiger partial charge in [-0.05, 0) is 12.7 Å². The number of hydrogen-bond donors (Lipinski definition) is 2. The molecule has 0 saturated heterocycles. The van der Waals surface area contributed by atoms with Crippen molar-refractivity contribution in [3.05, 3.63) is 11.6 Å². The second-order valence-corrected chi connectivity index (χ2v) is 4.37. The van der Waals surface area contributed by atoms with E-state index in [2.05, 4.69) is 18.5 Å². The Morgan fingerprint density at radius 1 is 1.64 bits per heavy atom. The van der Waals surface area contributed by atoms with Gasteiger partial charge in [-0.15, -0.1) is 0 Å². The summed E-state index contributed by atoms with van der Waals surface area (Å²) in [5.41, 5.74) is 0.481. The number of nitrogens with one attached hydrogen (secondary N) is 1. The van der Waals surface area contributed by atoms with Gasteiger partial charge >= 0.3 is 5.97 Å². The molecule has 82 valence electrons. The zero-order valence-corrected chi connectivity index (χ0v) is 9.86. The van der Waals surface area contributed by atoms with Crippen LogP contribution in [0.1, 0.15) is 20.3 Å². The Kier molecular flexibility index (Phi) is 7.61. The van der Waals surface area contributed by atoms with Crippen molar-refractivity contribution >= 4 is 17.7 Å². The highest BCUT2D eigenvalue weighted by Crippen LogP contribution is 2.03. The standard InChI is InChI=1S/C10H19NO2S/c1-4-9(10(12)13)5-6-11-7-8(2)14-3/h5,8,11H,4,6-7H2,1-3H3,(H,12,13). The minimum Gasteiger partial charge on any atom is -0.478 e. The molecule has 0 aliphatic heterocycles. The Morgan fingerprint density at radius 2 is 2.29 bits per heavy atom. The third kappa shape index (κ3) is 6.05. The number of carbonyl (C=O) groups is 1. The van der Waals surface area contributed by atoms with Gasteiger partial charge in [0.1, 0.15) is 0 Å². The van der Waals surface area contributed by atoms with E-state index in [1.165, 1.54) is 0 Å². The molecule has 0 aliphatic rings. The molecule has 2 N–H and O–H groups in total. The van der Waals surface area contributed by atoms with E-state index >= 15 is 0 Å². The average molecular weight is 217 g/mol. The number of aliphatic carboxylic acids is 1. The smallest absolute Gasteiger partial charge is 0.331 e. The van der Waals surface area contributed by atoms with Crippen molar-refractivity contribution in [2.24, 2.45) is 0 Å². The van der Waals surface area contributed by atoms with Crippen molar-refractivity contribution in [3.8, 4) is 0 Å². The van der Waals surface area contributed by atoms with Crippen LogP contribution in [-0.4, -0.2) is 35.7 Å². The molecule has 0 spiro atoms. The summed E-state index contributed by atoms with van der Waals surface area (Å²) in [7, 11) is 0. The summed E-state index contributed by atoms with van der Waals surface area (Å²) in [6.07, 6.45) is 4.39. The maximum atomic E-state index is 10.6. The predicted molar refractivity (Wildman–Crippen MR) is 61.9 cm³/mol. The molecule has 0 rings (SSSR count). The van der Waals surface area contributed by atoms with Gasteiger partial charge in [0.25, 0.3) is 0 Å². The molecule has 0 amide bonds. The Labute approximate surface area is 90.0 Å². The van der Waals surface area contributed by atoms with E-state index in [0.29, 0.717) is 23.8 Å². The van der Waals surface area contributed by atoms with Crippen molar-refractivity contribution in [3.63, 3.8) is 0 Å². The molecule has 0 saturated carbocycles. The van der Waals surface area contributed by atoms with Gasteiger partial charge in [-0.3, -0.25) is 0 Å². The van der Waals surface area contributed by atoms with E-state index < -0.39 is 5.97 Å². The molecular formula is C10H19NO2S. The molecular weight excluding hydrogens is 198 g/mol. The predicted octanol–water partition coefficient (Wildman–Crippen LogP) is 1.75. The van der Waals surface area contributed by atoms with Gasteiger partial charge in [-0.1, -0.05) is 19.9 Å². The average Bonchev–Trinajstić information content (AvgIpc) is 2.16. The first-order valence-corrected chi connectivity index (χ1v) is 6.06. The van der Waals surface area contributed by atoms with Gasteiger partial charge in [0, 0.05) is 23.9 Å². The van der Waals surface area contributed by atoms with E-state index in [9.17, 15) is 4.79 Å². The molecule has 1 atom stereocenters. The molecule has 14 heavy (non-hydrogen) atoms. The number of carboxylic acids is 1. The normalized spacial score (nSPS) is 14.1. The van der Waals surface area contributed by atoms with Crippen LogP contribution in [0.25, 0.3) is 0 Å². The summed E-state index contributed by atoms with van der Waals surface area (Å²) in [6.45, 7) is 5.54. The monoisotopic (exact) mass is 217 g/mol. The summed E-state index contributed by atoms with van der Waals surface area (Å²) in [4.78, 5) is 10.6. The highest BCUT2D eigenvalue weighted by Gasteiger charge is 2.02. The van der Waals surface area contributed by atoms with Crippen molar-refractivity contribution in [2.75, 3.05) is 19.3 Å². The van der Waals surface area contributed by atoms with E-state index in [1.54, 1.807) is 17.8 Å². The molecule has 1 unspecified atom stereocenters. The fourth-order valence-corrected chi connectivity index (χ4v) is 1.23. The zero-order valence-electron chi connectivity index (χ0n) is 9.04. The van der Waals surface area contributed by atoms with Gasteiger partial charge in [0.05, 0.1) is 0 Å². The van der Waals surface area contributed by atoms with Crippen molar-refractivity contribution in [1.29, 1.82) is 0 Å². The van der Waals surface area contributed by atoms with E-state index in [-0.39, 0.29) is 0 Å². The van der Waals surface area contributed by atoms with Gasteiger partial charge in [0.2, 0.25) is 0 Å². The summed E-state index contributed by atoms with van der Waals surface area (Å²) in [5.74, 6) is -0.813. The van der Waals surface area contributed by atoms with Crippen LogP contribution < -0.4 is 5.32 Å². The number of rotatable bonds is 7. The first kappa shape index (κ1) is 13.5.